The number of aromatic nitrogens is 1. The Kier molecular flexibility index (Phi) is 7.53. The number of fused-ring (bicyclic) bond motifs is 1. The van der Waals surface area contributed by atoms with Crippen LogP contribution >= 0.6 is 35.1 Å². The minimum absolute atomic E-state index is 0. The van der Waals surface area contributed by atoms with Crippen LogP contribution in [0.2, 0.25) is 0 Å². The third-order valence-corrected chi connectivity index (χ3v) is 6.45. The Morgan fingerprint density at radius 3 is 2.79 bits per heavy atom. The first kappa shape index (κ1) is 22.0. The maximum atomic E-state index is 14.1. The van der Waals surface area contributed by atoms with Crippen LogP contribution in [0.15, 0.2) is 29.6 Å². The first-order valence-corrected chi connectivity index (χ1v) is 10.7. The number of carbonyl (C=O) groups excluding carboxylic acids is 1. The van der Waals surface area contributed by atoms with E-state index in [1.165, 1.54) is 17.4 Å². The van der Waals surface area contributed by atoms with E-state index in [1.807, 2.05) is 11.4 Å². The fourth-order valence-corrected chi connectivity index (χ4v) is 4.86. The maximum absolute atomic E-state index is 14.1. The van der Waals surface area contributed by atoms with Crippen molar-refractivity contribution in [2.24, 2.45) is 0 Å². The van der Waals surface area contributed by atoms with E-state index in [0.717, 1.165) is 56.7 Å². The summed E-state index contributed by atoms with van der Waals surface area (Å²) in [6, 6.07) is 5.64. The van der Waals surface area contributed by atoms with Crippen LogP contribution < -0.4 is 4.90 Å². The first-order valence-electron chi connectivity index (χ1n) is 9.03. The van der Waals surface area contributed by atoms with Gasteiger partial charge in [0.05, 0.1) is 22.8 Å². The highest BCUT2D eigenvalue weighted by Gasteiger charge is 2.23. The zero-order valence-electron chi connectivity index (χ0n) is 15.5. The standard InChI is InChI=1S/C19H19F2N3O2S2.ClH/c20-13-11-14(21)17-16(12-13)28-19(22-17)24(18(25)15-3-1-10-27-15)5-2-4-23-6-8-26-9-7-23;/h1,3,10-12H,2,4-9H2;1H. The number of hydrogen-bond donors (Lipinski definition) is 0. The van der Waals surface area contributed by atoms with Crippen molar-refractivity contribution in [2.75, 3.05) is 44.3 Å². The highest BCUT2D eigenvalue weighted by Crippen LogP contribution is 2.32. The molecule has 0 radical (unpaired) electrons. The largest absolute Gasteiger partial charge is 0.379 e. The van der Waals surface area contributed by atoms with E-state index in [4.69, 9.17) is 4.74 Å². The molecule has 0 atom stereocenters. The van der Waals surface area contributed by atoms with Crippen molar-refractivity contribution in [3.63, 3.8) is 0 Å². The molecule has 1 aliphatic rings. The molecule has 1 fully saturated rings. The van der Waals surface area contributed by atoms with Gasteiger partial charge in [-0.3, -0.25) is 14.6 Å². The molecule has 0 saturated carbocycles. The Morgan fingerprint density at radius 1 is 1.28 bits per heavy atom. The van der Waals surface area contributed by atoms with Gasteiger partial charge in [0.15, 0.2) is 10.9 Å². The number of thiophene rings is 1. The number of carbonyl (C=O) groups is 1. The number of benzene rings is 1. The average Bonchev–Trinajstić information content (AvgIpc) is 3.35. The van der Waals surface area contributed by atoms with Gasteiger partial charge in [0.1, 0.15) is 11.3 Å². The summed E-state index contributed by atoms with van der Waals surface area (Å²) in [6.07, 6.45) is 0.754. The summed E-state index contributed by atoms with van der Waals surface area (Å²) in [5.74, 6) is -1.53. The third-order valence-electron chi connectivity index (χ3n) is 4.57. The highest BCUT2D eigenvalue weighted by atomic mass is 35.5. The topological polar surface area (TPSA) is 45.7 Å². The van der Waals surface area contributed by atoms with E-state index in [9.17, 15) is 13.6 Å². The second-order valence-corrected chi connectivity index (χ2v) is 8.43. The molecular weight excluding hydrogens is 440 g/mol. The lowest BCUT2D eigenvalue weighted by Crippen LogP contribution is -2.39. The molecule has 3 heterocycles. The molecule has 1 saturated heterocycles. The molecule has 1 amide bonds. The van der Waals surface area contributed by atoms with Crippen molar-refractivity contribution in [1.82, 2.24) is 9.88 Å². The van der Waals surface area contributed by atoms with Gasteiger partial charge >= 0.3 is 0 Å². The molecular formula is C19H20ClF2N3O2S2. The summed E-state index contributed by atoms with van der Waals surface area (Å²) in [5, 5.41) is 2.23. The molecule has 10 heteroatoms. The predicted molar refractivity (Wildman–Crippen MR) is 115 cm³/mol. The maximum Gasteiger partial charge on any atom is 0.270 e. The lowest BCUT2D eigenvalue weighted by molar-refractivity contribution is 0.0376. The number of morpholine rings is 1. The average molecular weight is 460 g/mol. The van der Waals surface area contributed by atoms with Crippen LogP contribution in [0, 0.1) is 11.6 Å². The molecule has 0 spiro atoms. The summed E-state index contributed by atoms with van der Waals surface area (Å²) >= 11 is 2.48. The quantitative estimate of drug-likeness (QED) is 0.547. The van der Waals surface area contributed by atoms with Gasteiger partial charge in [-0.15, -0.1) is 23.7 Å². The van der Waals surface area contributed by atoms with Crippen molar-refractivity contribution in [3.8, 4) is 0 Å². The van der Waals surface area contributed by atoms with Gasteiger partial charge in [0.2, 0.25) is 0 Å². The van der Waals surface area contributed by atoms with E-state index in [1.54, 1.807) is 11.0 Å². The zero-order chi connectivity index (χ0) is 19.5. The lowest BCUT2D eigenvalue weighted by atomic mass is 10.3. The Balaban J connectivity index is 0.00000240. The number of amides is 1. The predicted octanol–water partition coefficient (Wildman–Crippen LogP) is 4.43. The second kappa shape index (κ2) is 9.90. The van der Waals surface area contributed by atoms with Gasteiger partial charge in [0, 0.05) is 32.2 Å². The molecule has 5 nitrogen and oxygen atoms in total. The number of anilines is 1. The molecule has 3 aromatic rings. The van der Waals surface area contributed by atoms with Crippen LogP contribution in [0.3, 0.4) is 0 Å². The van der Waals surface area contributed by atoms with Gasteiger partial charge in [0.25, 0.3) is 5.91 Å². The van der Waals surface area contributed by atoms with E-state index < -0.39 is 11.6 Å². The highest BCUT2D eigenvalue weighted by molar-refractivity contribution is 7.22. The Morgan fingerprint density at radius 2 is 2.07 bits per heavy atom. The Hall–Kier alpha value is -1.65. The van der Waals surface area contributed by atoms with Crippen LogP contribution in [-0.4, -0.2) is 55.2 Å². The van der Waals surface area contributed by atoms with E-state index >= 15 is 0 Å². The number of nitrogens with zero attached hydrogens (tertiary/aromatic N) is 3. The van der Waals surface area contributed by atoms with Crippen LogP contribution in [0.5, 0.6) is 0 Å². The summed E-state index contributed by atoms with van der Waals surface area (Å²) in [5.41, 5.74) is 0.0959. The summed E-state index contributed by atoms with van der Waals surface area (Å²) in [7, 11) is 0. The normalized spacial score (nSPS) is 14.7. The fourth-order valence-electron chi connectivity index (χ4n) is 3.16. The molecule has 0 unspecified atom stereocenters. The Labute approximate surface area is 181 Å². The second-order valence-electron chi connectivity index (χ2n) is 6.47. The van der Waals surface area contributed by atoms with Crippen LogP contribution in [-0.2, 0) is 4.74 Å². The molecule has 4 rings (SSSR count). The number of rotatable bonds is 6. The van der Waals surface area contributed by atoms with Gasteiger partial charge in [-0.05, 0) is 23.9 Å². The number of halogens is 3. The van der Waals surface area contributed by atoms with Crippen molar-refractivity contribution < 1.29 is 18.3 Å². The molecule has 0 aliphatic carbocycles. The van der Waals surface area contributed by atoms with E-state index in [2.05, 4.69) is 9.88 Å². The van der Waals surface area contributed by atoms with Gasteiger partial charge in [-0.1, -0.05) is 17.4 Å². The molecule has 156 valence electrons. The van der Waals surface area contributed by atoms with Crippen LogP contribution in [0.25, 0.3) is 10.2 Å². The van der Waals surface area contributed by atoms with E-state index in [0.29, 0.717) is 21.3 Å². The molecule has 2 aromatic heterocycles. The Bertz CT molecular complexity index is 962. The van der Waals surface area contributed by atoms with Crippen molar-refractivity contribution in [3.05, 3.63) is 46.2 Å². The molecule has 29 heavy (non-hydrogen) atoms. The number of thiazole rings is 1. The number of hydrogen-bond acceptors (Lipinski definition) is 6. The monoisotopic (exact) mass is 459 g/mol. The molecule has 0 bridgehead atoms. The third kappa shape index (κ3) is 5.10. The van der Waals surface area contributed by atoms with Crippen molar-refractivity contribution in [2.45, 2.75) is 6.42 Å². The minimum atomic E-state index is -0.714. The summed E-state index contributed by atoms with van der Waals surface area (Å²) in [4.78, 5) is 21.8. The van der Waals surface area contributed by atoms with Crippen LogP contribution in [0.1, 0.15) is 16.1 Å². The summed E-state index contributed by atoms with van der Waals surface area (Å²) in [6.45, 7) is 4.50. The summed E-state index contributed by atoms with van der Waals surface area (Å²) < 4.78 is 33.4. The molecule has 0 N–H and O–H groups in total. The first-order chi connectivity index (χ1) is 13.6. The molecule has 1 aliphatic heterocycles. The smallest absolute Gasteiger partial charge is 0.270 e. The van der Waals surface area contributed by atoms with Gasteiger partial charge < -0.3 is 4.74 Å². The zero-order valence-corrected chi connectivity index (χ0v) is 17.9. The fraction of sp³-hybridized carbons (Fsp3) is 0.368. The van der Waals surface area contributed by atoms with Crippen LogP contribution in [0.4, 0.5) is 13.9 Å². The van der Waals surface area contributed by atoms with E-state index in [-0.39, 0.29) is 23.8 Å². The number of ether oxygens (including phenoxy) is 1. The minimum Gasteiger partial charge on any atom is -0.379 e. The molecule has 1 aromatic carbocycles. The van der Waals surface area contributed by atoms with Crippen molar-refractivity contribution >= 4 is 56.3 Å². The van der Waals surface area contributed by atoms with Crippen molar-refractivity contribution in [1.29, 1.82) is 0 Å². The van der Waals surface area contributed by atoms with Gasteiger partial charge in [-0.25, -0.2) is 13.8 Å². The lowest BCUT2D eigenvalue weighted by Gasteiger charge is -2.27. The SMILES string of the molecule is Cl.O=C(c1cccs1)N(CCCN1CCOCC1)c1nc2c(F)cc(F)cc2s1. The van der Waals surface area contributed by atoms with Gasteiger partial charge in [-0.2, -0.15) is 0 Å².